The molecule has 2 aliphatic rings. The third kappa shape index (κ3) is 2.98. The van der Waals surface area contributed by atoms with E-state index in [0.717, 1.165) is 31.6 Å². The highest BCUT2D eigenvalue weighted by molar-refractivity contribution is 5.96. The van der Waals surface area contributed by atoms with Crippen LogP contribution in [0.4, 0.5) is 10.1 Å². The normalized spacial score (nSPS) is 21.2. The Bertz CT molecular complexity index is 1010. The van der Waals surface area contributed by atoms with Crippen molar-refractivity contribution < 1.29 is 14.3 Å². The number of rotatable bonds is 5. The molecule has 0 spiro atoms. The van der Waals surface area contributed by atoms with Crippen molar-refractivity contribution in [1.82, 2.24) is 9.88 Å². The Morgan fingerprint density at radius 2 is 2.18 bits per heavy atom. The summed E-state index contributed by atoms with van der Waals surface area (Å²) in [7, 11) is 0. The smallest absolute Gasteiger partial charge is 0.341 e. The number of carboxylic acid groups (broad SMARTS) is 1. The van der Waals surface area contributed by atoms with Crippen LogP contribution in [0.5, 0.6) is 0 Å². The Hall–Kier alpha value is -2.41. The molecular formula is C21H26FN3O3. The summed E-state index contributed by atoms with van der Waals surface area (Å²) < 4.78 is 17.0. The van der Waals surface area contributed by atoms with E-state index >= 15 is 4.39 Å². The van der Waals surface area contributed by atoms with Crippen LogP contribution in [0.1, 0.15) is 49.2 Å². The number of nitrogens with zero attached hydrogens (tertiary/aromatic N) is 2. The van der Waals surface area contributed by atoms with Crippen LogP contribution in [-0.2, 0) is 6.42 Å². The molecule has 2 atom stereocenters. The first-order valence-electron chi connectivity index (χ1n) is 9.89. The minimum absolute atomic E-state index is 0.0160. The zero-order valence-electron chi connectivity index (χ0n) is 16.5. The van der Waals surface area contributed by atoms with Crippen LogP contribution in [0.25, 0.3) is 10.9 Å². The molecule has 2 aliphatic heterocycles. The van der Waals surface area contributed by atoms with Crippen LogP contribution in [0.2, 0.25) is 0 Å². The van der Waals surface area contributed by atoms with Gasteiger partial charge in [-0.05, 0) is 38.3 Å². The molecule has 0 bridgehead atoms. The van der Waals surface area contributed by atoms with Crippen molar-refractivity contribution in [3.8, 4) is 0 Å². The SMILES string of the molecule is CC(C)NCC1CCN(c2c(F)cc3c(=O)c(C(=O)O)cn4c3c2C[C@@H]4C)C1. The number of carboxylic acids is 1. The topological polar surface area (TPSA) is 74.6 Å². The van der Waals surface area contributed by atoms with E-state index in [1.54, 1.807) is 0 Å². The number of aromatic nitrogens is 1. The van der Waals surface area contributed by atoms with E-state index in [1.807, 2.05) is 11.5 Å². The van der Waals surface area contributed by atoms with Gasteiger partial charge in [0.1, 0.15) is 11.4 Å². The Labute approximate surface area is 163 Å². The highest BCUT2D eigenvalue weighted by Gasteiger charge is 2.33. The van der Waals surface area contributed by atoms with Crippen molar-refractivity contribution in [3.05, 3.63) is 39.4 Å². The lowest BCUT2D eigenvalue weighted by atomic mass is 10.0. The molecule has 1 aromatic heterocycles. The number of nitrogens with one attached hydrogen (secondary N) is 1. The predicted molar refractivity (Wildman–Crippen MR) is 107 cm³/mol. The lowest BCUT2D eigenvalue weighted by molar-refractivity contribution is 0.0694. The molecule has 0 amide bonds. The molecule has 1 saturated heterocycles. The highest BCUT2D eigenvalue weighted by Crippen LogP contribution is 2.40. The van der Waals surface area contributed by atoms with Crippen molar-refractivity contribution in [2.75, 3.05) is 24.5 Å². The number of hydrogen-bond donors (Lipinski definition) is 2. The van der Waals surface area contributed by atoms with E-state index < -0.39 is 17.2 Å². The first kappa shape index (κ1) is 18.9. The van der Waals surface area contributed by atoms with Gasteiger partial charge in [-0.2, -0.15) is 0 Å². The molecule has 4 rings (SSSR count). The summed E-state index contributed by atoms with van der Waals surface area (Å²) in [6.45, 7) is 8.66. The third-order valence-corrected chi connectivity index (χ3v) is 5.96. The number of carbonyl (C=O) groups is 1. The molecule has 2 aromatic rings. The van der Waals surface area contributed by atoms with Crippen molar-refractivity contribution in [2.24, 2.45) is 5.92 Å². The van der Waals surface area contributed by atoms with Crippen LogP contribution in [0.3, 0.4) is 0 Å². The molecule has 6 nitrogen and oxygen atoms in total. The molecule has 1 unspecified atom stereocenters. The molecule has 2 N–H and O–H groups in total. The molecule has 0 radical (unpaired) electrons. The molecule has 7 heteroatoms. The van der Waals surface area contributed by atoms with E-state index in [2.05, 4.69) is 24.1 Å². The summed E-state index contributed by atoms with van der Waals surface area (Å²) in [6.07, 6.45) is 3.00. The Kier molecular flexibility index (Phi) is 4.65. The average Bonchev–Trinajstić information content (AvgIpc) is 3.21. The molecule has 0 saturated carbocycles. The van der Waals surface area contributed by atoms with Gasteiger partial charge in [-0.3, -0.25) is 4.79 Å². The maximum absolute atomic E-state index is 15.2. The van der Waals surface area contributed by atoms with Gasteiger partial charge >= 0.3 is 5.97 Å². The minimum Gasteiger partial charge on any atom is -0.477 e. The van der Waals surface area contributed by atoms with Crippen LogP contribution in [0, 0.1) is 11.7 Å². The largest absolute Gasteiger partial charge is 0.477 e. The Morgan fingerprint density at radius 3 is 2.86 bits per heavy atom. The second-order valence-electron chi connectivity index (χ2n) is 8.38. The van der Waals surface area contributed by atoms with Crippen molar-refractivity contribution in [3.63, 3.8) is 0 Å². The van der Waals surface area contributed by atoms with Gasteiger partial charge in [-0.25, -0.2) is 9.18 Å². The van der Waals surface area contributed by atoms with E-state index in [-0.39, 0.29) is 17.0 Å². The lowest BCUT2D eigenvalue weighted by Crippen LogP contribution is -2.31. The second kappa shape index (κ2) is 6.88. The summed E-state index contributed by atoms with van der Waals surface area (Å²) in [5.41, 5.74) is 1.18. The zero-order valence-corrected chi connectivity index (χ0v) is 16.5. The molecule has 0 aliphatic carbocycles. The number of hydrogen-bond acceptors (Lipinski definition) is 4. The van der Waals surface area contributed by atoms with Gasteiger partial charge in [0, 0.05) is 42.3 Å². The fourth-order valence-corrected chi connectivity index (χ4v) is 4.59. The van der Waals surface area contributed by atoms with Crippen molar-refractivity contribution in [1.29, 1.82) is 0 Å². The number of benzene rings is 1. The van der Waals surface area contributed by atoms with Gasteiger partial charge in [0.15, 0.2) is 0 Å². The molecule has 150 valence electrons. The Balaban J connectivity index is 1.78. The molecular weight excluding hydrogens is 361 g/mol. The standard InChI is InChI=1S/C21H26FN3O3/c1-11(2)23-8-13-4-5-24(9-13)19-14-6-12(3)25-10-16(21(27)28)20(26)15(18(14)25)7-17(19)22/h7,10-13,23H,4-6,8-9H2,1-3H3,(H,27,28)/t12-,13?/m0/s1. The number of pyridine rings is 1. The van der Waals surface area contributed by atoms with Crippen molar-refractivity contribution in [2.45, 2.75) is 45.7 Å². The molecule has 1 aromatic carbocycles. The second-order valence-corrected chi connectivity index (χ2v) is 8.38. The van der Waals surface area contributed by atoms with E-state index in [4.69, 9.17) is 0 Å². The van der Waals surface area contributed by atoms with Crippen molar-refractivity contribution >= 4 is 22.6 Å². The predicted octanol–water partition coefficient (Wildman–Crippen LogP) is 2.78. The van der Waals surface area contributed by atoms with Gasteiger partial charge in [-0.15, -0.1) is 0 Å². The van der Waals surface area contributed by atoms with E-state index in [9.17, 15) is 14.7 Å². The average molecular weight is 387 g/mol. The number of anilines is 1. The fourth-order valence-electron chi connectivity index (χ4n) is 4.59. The minimum atomic E-state index is -1.28. The van der Waals surface area contributed by atoms with Gasteiger partial charge in [0.05, 0.1) is 11.2 Å². The van der Waals surface area contributed by atoms with Crippen LogP contribution in [0.15, 0.2) is 17.1 Å². The number of halogens is 1. The van der Waals surface area contributed by atoms with Gasteiger partial charge in [-0.1, -0.05) is 13.8 Å². The van der Waals surface area contributed by atoms with Gasteiger partial charge in [0.2, 0.25) is 5.43 Å². The zero-order chi connectivity index (χ0) is 20.2. The van der Waals surface area contributed by atoms with E-state index in [0.29, 0.717) is 29.6 Å². The lowest BCUT2D eigenvalue weighted by Gasteiger charge is -2.23. The monoisotopic (exact) mass is 387 g/mol. The number of aromatic carboxylic acids is 1. The molecule has 3 heterocycles. The van der Waals surface area contributed by atoms with Gasteiger partial charge in [0.25, 0.3) is 0 Å². The maximum atomic E-state index is 15.2. The first-order valence-corrected chi connectivity index (χ1v) is 9.89. The van der Waals surface area contributed by atoms with Crippen LogP contribution >= 0.6 is 0 Å². The molecule has 1 fully saturated rings. The van der Waals surface area contributed by atoms with E-state index in [1.165, 1.54) is 12.3 Å². The third-order valence-electron chi connectivity index (χ3n) is 5.96. The maximum Gasteiger partial charge on any atom is 0.341 e. The molecule has 28 heavy (non-hydrogen) atoms. The summed E-state index contributed by atoms with van der Waals surface area (Å²) in [5.74, 6) is -1.25. The first-order chi connectivity index (χ1) is 13.3. The summed E-state index contributed by atoms with van der Waals surface area (Å²) in [6, 6.07) is 1.64. The van der Waals surface area contributed by atoms with Crippen LogP contribution < -0.4 is 15.6 Å². The summed E-state index contributed by atoms with van der Waals surface area (Å²) in [5, 5.41) is 13.0. The Morgan fingerprint density at radius 1 is 1.43 bits per heavy atom. The summed E-state index contributed by atoms with van der Waals surface area (Å²) in [4.78, 5) is 26.1. The summed E-state index contributed by atoms with van der Waals surface area (Å²) >= 11 is 0. The fraction of sp³-hybridized carbons (Fsp3) is 0.524. The highest BCUT2D eigenvalue weighted by atomic mass is 19.1. The quantitative estimate of drug-likeness (QED) is 0.825. The van der Waals surface area contributed by atoms with Crippen LogP contribution in [-0.4, -0.2) is 41.3 Å². The van der Waals surface area contributed by atoms with Gasteiger partial charge < -0.3 is 19.9 Å².